The number of Topliss-reactive ketones (excluding diaryl/α,β-unsaturated/α-hetero) is 1. The van der Waals surface area contributed by atoms with E-state index in [0.717, 1.165) is 60.4 Å². The lowest BCUT2D eigenvalue weighted by molar-refractivity contribution is -0.118. The highest BCUT2D eigenvalue weighted by Gasteiger charge is 2.60. The molecule has 3 nitrogen and oxygen atoms in total. The summed E-state index contributed by atoms with van der Waals surface area (Å²) in [5, 5.41) is 11.3. The molecule has 2 saturated carbocycles. The van der Waals surface area contributed by atoms with Gasteiger partial charge in [-0.1, -0.05) is 19.9 Å². The third-order valence-electron chi connectivity index (χ3n) is 9.87. The number of hydrogen-bond acceptors (Lipinski definition) is 4. The minimum absolute atomic E-state index is 0.204. The van der Waals surface area contributed by atoms with Crippen LogP contribution in [0, 0.1) is 36.0 Å². The number of fused-ring (bicyclic) bond motifs is 5. The van der Waals surface area contributed by atoms with Gasteiger partial charge in [-0.15, -0.1) is 11.3 Å². The summed E-state index contributed by atoms with van der Waals surface area (Å²) >= 11 is 1.57. The lowest BCUT2D eigenvalue weighted by Gasteiger charge is -2.52. The lowest BCUT2D eigenvalue weighted by atomic mass is 9.52. The van der Waals surface area contributed by atoms with Gasteiger partial charge in [0, 0.05) is 23.4 Å². The topological polar surface area (TPSA) is 50.2 Å². The molecule has 1 heterocycles. The second kappa shape index (κ2) is 10.2. The molecule has 6 atom stereocenters. The monoisotopic (exact) mass is 515 g/mol. The van der Waals surface area contributed by atoms with E-state index in [-0.39, 0.29) is 23.0 Å². The minimum Gasteiger partial charge on any atom is -0.508 e. The van der Waals surface area contributed by atoms with Gasteiger partial charge in [0.05, 0.1) is 6.42 Å². The van der Waals surface area contributed by atoms with Gasteiger partial charge in [-0.3, -0.25) is 4.79 Å². The van der Waals surface area contributed by atoms with E-state index in [1.165, 1.54) is 11.1 Å². The Bertz CT molecular complexity index is 1110. The SMILES string of the molecule is CCc1cc2c(cc1O)CC[C@H]1[C@@H]3[C@H](CCCC(=O)Cc4ncc(C)s4)CC(C(F)F)[C@@]3(C)CC[C@H]21. The van der Waals surface area contributed by atoms with Gasteiger partial charge in [0.1, 0.15) is 16.5 Å². The van der Waals surface area contributed by atoms with E-state index in [0.29, 0.717) is 36.8 Å². The first-order valence-electron chi connectivity index (χ1n) is 13.8. The van der Waals surface area contributed by atoms with E-state index in [4.69, 9.17) is 0 Å². The molecular weight excluding hydrogens is 476 g/mol. The zero-order valence-electron chi connectivity index (χ0n) is 21.7. The summed E-state index contributed by atoms with van der Waals surface area (Å²) in [6, 6.07) is 4.17. The van der Waals surface area contributed by atoms with E-state index in [1.807, 2.05) is 19.2 Å². The molecule has 0 aliphatic heterocycles. The fourth-order valence-electron chi connectivity index (χ4n) is 8.27. The normalized spacial score (nSPS) is 31.2. The second-order valence-corrected chi connectivity index (χ2v) is 13.1. The van der Waals surface area contributed by atoms with Crippen LogP contribution in [0.4, 0.5) is 8.78 Å². The Kier molecular flexibility index (Phi) is 7.28. The van der Waals surface area contributed by atoms with Gasteiger partial charge in [-0.05, 0) is 110 Å². The number of aromatic hydroxyl groups is 1. The number of ketones is 1. The Labute approximate surface area is 217 Å². The Hall–Kier alpha value is -1.82. The number of aryl methyl sites for hydroxylation is 3. The fourth-order valence-corrected chi connectivity index (χ4v) is 9.08. The number of halogens is 2. The van der Waals surface area contributed by atoms with Gasteiger partial charge in [0.15, 0.2) is 0 Å². The molecule has 2 fully saturated rings. The maximum atomic E-state index is 14.3. The summed E-state index contributed by atoms with van der Waals surface area (Å²) < 4.78 is 28.7. The highest BCUT2D eigenvalue weighted by molar-refractivity contribution is 7.11. The molecule has 5 rings (SSSR count). The number of aromatic nitrogens is 1. The van der Waals surface area contributed by atoms with Crippen molar-refractivity contribution in [3.8, 4) is 5.75 Å². The van der Waals surface area contributed by atoms with Crippen molar-refractivity contribution in [1.29, 1.82) is 0 Å². The highest BCUT2D eigenvalue weighted by Crippen LogP contribution is 2.66. The number of phenolic OH excluding ortho intramolecular Hbond substituents is 1. The van der Waals surface area contributed by atoms with Gasteiger partial charge >= 0.3 is 0 Å². The Morgan fingerprint density at radius 2 is 2.11 bits per heavy atom. The third kappa shape index (κ3) is 4.63. The smallest absolute Gasteiger partial charge is 0.241 e. The van der Waals surface area contributed by atoms with Crippen molar-refractivity contribution in [3.63, 3.8) is 0 Å². The van der Waals surface area contributed by atoms with E-state index in [1.54, 1.807) is 11.3 Å². The summed E-state index contributed by atoms with van der Waals surface area (Å²) in [6.07, 6.45) is 7.16. The van der Waals surface area contributed by atoms with Crippen molar-refractivity contribution >= 4 is 17.1 Å². The quantitative estimate of drug-likeness (QED) is 0.392. The average Bonchev–Trinajstić information content (AvgIpc) is 3.38. The zero-order chi connectivity index (χ0) is 25.6. The predicted molar refractivity (Wildman–Crippen MR) is 140 cm³/mol. The van der Waals surface area contributed by atoms with Crippen LogP contribution >= 0.6 is 11.3 Å². The molecule has 0 amide bonds. The molecule has 0 saturated heterocycles. The largest absolute Gasteiger partial charge is 0.508 e. The molecule has 1 unspecified atom stereocenters. The number of nitrogens with zero attached hydrogens (tertiary/aromatic N) is 1. The lowest BCUT2D eigenvalue weighted by Crippen LogP contribution is -2.45. The molecule has 196 valence electrons. The fraction of sp³-hybridized carbons (Fsp3) is 0.667. The molecule has 36 heavy (non-hydrogen) atoms. The molecule has 0 radical (unpaired) electrons. The predicted octanol–water partition coefficient (Wildman–Crippen LogP) is 7.67. The Morgan fingerprint density at radius 3 is 2.81 bits per heavy atom. The van der Waals surface area contributed by atoms with E-state index in [2.05, 4.69) is 24.9 Å². The van der Waals surface area contributed by atoms with Crippen LogP contribution in [-0.4, -0.2) is 22.3 Å². The number of carbonyl (C=O) groups excluding carboxylic acids is 1. The van der Waals surface area contributed by atoms with Crippen LogP contribution in [0.1, 0.15) is 91.3 Å². The minimum atomic E-state index is -2.28. The first-order valence-corrected chi connectivity index (χ1v) is 14.6. The summed E-state index contributed by atoms with van der Waals surface area (Å²) in [7, 11) is 0. The molecule has 2 aromatic rings. The molecule has 6 heteroatoms. The number of rotatable bonds is 8. The summed E-state index contributed by atoms with van der Waals surface area (Å²) in [5.74, 6) is 1.38. The number of benzene rings is 1. The Balaban J connectivity index is 1.33. The maximum absolute atomic E-state index is 14.3. The zero-order valence-corrected chi connectivity index (χ0v) is 22.6. The molecule has 1 aromatic heterocycles. The summed E-state index contributed by atoms with van der Waals surface area (Å²) in [5.41, 5.74) is 3.27. The average molecular weight is 516 g/mol. The van der Waals surface area contributed by atoms with E-state index in [9.17, 15) is 18.7 Å². The van der Waals surface area contributed by atoms with Crippen molar-refractivity contribution in [1.82, 2.24) is 4.98 Å². The Morgan fingerprint density at radius 1 is 1.31 bits per heavy atom. The van der Waals surface area contributed by atoms with Crippen LogP contribution in [0.2, 0.25) is 0 Å². The first kappa shape index (κ1) is 25.8. The number of thiazole rings is 1. The van der Waals surface area contributed by atoms with Gasteiger partial charge in [-0.2, -0.15) is 0 Å². The van der Waals surface area contributed by atoms with Crippen LogP contribution in [0.3, 0.4) is 0 Å². The molecule has 1 N–H and O–H groups in total. The van der Waals surface area contributed by atoms with Crippen molar-refractivity contribution in [2.45, 2.75) is 97.3 Å². The van der Waals surface area contributed by atoms with E-state index >= 15 is 0 Å². The first-order chi connectivity index (χ1) is 17.2. The molecule has 1 aromatic carbocycles. The van der Waals surface area contributed by atoms with Crippen molar-refractivity contribution in [2.24, 2.45) is 29.1 Å². The van der Waals surface area contributed by atoms with Gasteiger partial charge in [-0.25, -0.2) is 13.8 Å². The number of hydrogen-bond donors (Lipinski definition) is 1. The molecule has 0 spiro atoms. The van der Waals surface area contributed by atoms with Crippen LogP contribution in [-0.2, 0) is 24.1 Å². The van der Waals surface area contributed by atoms with Gasteiger partial charge in [0.2, 0.25) is 6.43 Å². The molecular formula is C30H39F2NO2S. The summed E-state index contributed by atoms with van der Waals surface area (Å²) in [6.45, 7) is 6.20. The standard InChI is InChI=1S/C30H39F2NO2S/c1-4-18-12-24-19(14-26(18)35)8-9-23-22(24)10-11-30(3)25(29(31)32)13-20(28(23)30)6-5-7-21(34)15-27-33-16-17(2)36-27/h12,14,16,20,22-23,25,28-29,35H,4-11,13,15H2,1-3H3/t20-,22+,23-,25?,28+,30-/m1/s1. The highest BCUT2D eigenvalue weighted by atomic mass is 32.1. The van der Waals surface area contributed by atoms with Crippen LogP contribution < -0.4 is 0 Å². The summed E-state index contributed by atoms with van der Waals surface area (Å²) in [4.78, 5) is 18.0. The van der Waals surface area contributed by atoms with Crippen molar-refractivity contribution < 1.29 is 18.7 Å². The van der Waals surface area contributed by atoms with Crippen molar-refractivity contribution in [3.05, 3.63) is 44.9 Å². The molecule has 3 aliphatic rings. The van der Waals surface area contributed by atoms with Crippen molar-refractivity contribution in [2.75, 3.05) is 0 Å². The number of phenols is 1. The molecule has 3 aliphatic carbocycles. The van der Waals surface area contributed by atoms with Crippen LogP contribution in [0.5, 0.6) is 5.75 Å². The van der Waals surface area contributed by atoms with E-state index < -0.39 is 12.3 Å². The van der Waals surface area contributed by atoms with Crippen LogP contribution in [0.15, 0.2) is 18.3 Å². The number of alkyl halides is 2. The number of carbonyl (C=O) groups is 1. The van der Waals surface area contributed by atoms with Crippen LogP contribution in [0.25, 0.3) is 0 Å². The van der Waals surface area contributed by atoms with Gasteiger partial charge in [0.25, 0.3) is 0 Å². The maximum Gasteiger partial charge on any atom is 0.241 e. The second-order valence-electron chi connectivity index (χ2n) is 11.8. The van der Waals surface area contributed by atoms with Gasteiger partial charge < -0.3 is 5.11 Å². The third-order valence-corrected chi connectivity index (χ3v) is 10.8. The molecule has 0 bridgehead atoms.